The van der Waals surface area contributed by atoms with Gasteiger partial charge in [-0.25, -0.2) is 0 Å². The van der Waals surface area contributed by atoms with Crippen LogP contribution in [0, 0.1) is 0 Å². The summed E-state index contributed by atoms with van der Waals surface area (Å²) >= 11 is 0. The summed E-state index contributed by atoms with van der Waals surface area (Å²) < 4.78 is 0. The summed E-state index contributed by atoms with van der Waals surface area (Å²) in [5, 5.41) is 11.1. The Balaban J connectivity index is 1.98. The molecule has 0 amide bonds. The van der Waals surface area contributed by atoms with Gasteiger partial charge < -0.3 is 5.11 Å². The molecule has 0 aliphatic heterocycles. The van der Waals surface area contributed by atoms with Crippen molar-refractivity contribution in [3.05, 3.63) is 71.6 Å². The van der Waals surface area contributed by atoms with Gasteiger partial charge in [0.2, 0.25) is 0 Å². The molecule has 3 nitrogen and oxygen atoms in total. The molecule has 2 unspecified atom stereocenters. The van der Waals surface area contributed by atoms with Crippen molar-refractivity contribution in [2.24, 2.45) is 0 Å². The van der Waals surface area contributed by atoms with Gasteiger partial charge in [-0.15, -0.1) is 0 Å². The molecule has 1 N–H and O–H groups in total. The summed E-state index contributed by atoms with van der Waals surface area (Å²) in [6, 6.07) is 13.2. The zero-order valence-corrected chi connectivity index (χ0v) is 13.3. The molecule has 1 aromatic heterocycles. The highest BCUT2D eigenvalue weighted by Gasteiger charge is 2.48. The molecule has 2 aromatic rings. The summed E-state index contributed by atoms with van der Waals surface area (Å²) in [4.78, 5) is 17.1. The van der Waals surface area contributed by atoms with Crippen molar-refractivity contribution in [3.8, 4) is 0 Å². The van der Waals surface area contributed by atoms with Crippen LogP contribution in [-0.2, 0) is 10.4 Å². The number of Topliss-reactive ketones (excluding diaryl/α,β-unsaturated/α-hetero) is 1. The molecule has 118 valence electrons. The molecule has 2 atom stereocenters. The van der Waals surface area contributed by atoms with Gasteiger partial charge in [-0.05, 0) is 41.8 Å². The van der Waals surface area contributed by atoms with Crippen LogP contribution in [0.2, 0.25) is 0 Å². The number of rotatable bonds is 5. The van der Waals surface area contributed by atoms with E-state index < -0.39 is 5.60 Å². The van der Waals surface area contributed by atoms with Crippen molar-refractivity contribution in [1.82, 2.24) is 4.98 Å². The molecule has 0 bridgehead atoms. The fourth-order valence-electron chi connectivity index (χ4n) is 3.23. The lowest BCUT2D eigenvalue weighted by Gasteiger charge is -2.18. The predicted molar refractivity (Wildman–Crippen MR) is 90.9 cm³/mol. The molecule has 0 saturated carbocycles. The molecular weight excluding hydrogens is 286 g/mol. The molecule has 0 spiro atoms. The average molecular weight is 307 g/mol. The second kappa shape index (κ2) is 6.47. The summed E-state index contributed by atoms with van der Waals surface area (Å²) in [7, 11) is 0. The Morgan fingerprint density at radius 1 is 1.22 bits per heavy atom. The van der Waals surface area contributed by atoms with E-state index in [1.165, 1.54) is 0 Å². The lowest BCUT2D eigenvalue weighted by atomic mass is 9.91. The lowest BCUT2D eigenvalue weighted by Crippen LogP contribution is -2.30. The minimum absolute atomic E-state index is 0.126. The van der Waals surface area contributed by atoms with Gasteiger partial charge in [-0.1, -0.05) is 50.1 Å². The summed E-state index contributed by atoms with van der Waals surface area (Å²) in [5.74, 6) is -0.344. The maximum absolute atomic E-state index is 12.9. The normalized spacial score (nSPS) is 23.4. The van der Waals surface area contributed by atoms with Crippen molar-refractivity contribution in [2.75, 3.05) is 0 Å². The Morgan fingerprint density at radius 2 is 2.00 bits per heavy atom. The van der Waals surface area contributed by atoms with Crippen LogP contribution in [0.4, 0.5) is 0 Å². The summed E-state index contributed by atoms with van der Waals surface area (Å²) in [5.41, 5.74) is 0.840. The largest absolute Gasteiger partial charge is 0.374 e. The molecule has 1 heterocycles. The number of unbranched alkanes of at least 4 members (excludes halogenated alkanes) is 1. The fourth-order valence-corrected chi connectivity index (χ4v) is 3.23. The highest BCUT2D eigenvalue weighted by atomic mass is 16.3. The van der Waals surface area contributed by atoms with E-state index in [0.717, 1.165) is 30.5 Å². The first kappa shape index (κ1) is 15.6. The fraction of sp³-hybridized carbons (Fsp3) is 0.300. The van der Waals surface area contributed by atoms with Gasteiger partial charge in [0.1, 0.15) is 0 Å². The van der Waals surface area contributed by atoms with Crippen molar-refractivity contribution in [1.29, 1.82) is 0 Å². The number of hydrogen-bond donors (Lipinski definition) is 1. The summed E-state index contributed by atoms with van der Waals surface area (Å²) in [6.45, 7) is 2.11. The Kier molecular flexibility index (Phi) is 4.39. The van der Waals surface area contributed by atoms with Gasteiger partial charge >= 0.3 is 0 Å². The van der Waals surface area contributed by atoms with Crippen LogP contribution in [0.25, 0.3) is 6.08 Å². The van der Waals surface area contributed by atoms with E-state index in [0.29, 0.717) is 5.56 Å². The molecule has 0 fully saturated rings. The van der Waals surface area contributed by atoms with E-state index in [9.17, 15) is 9.90 Å². The topological polar surface area (TPSA) is 50.2 Å². The standard InChI is InChI=1S/C20H21NO2/c1-2-3-9-17-16-10-4-5-11-18(16)20(23,19(17)22)13-12-15-8-6-7-14-21-15/h4-8,10-14,17,23H,2-3,9H2,1H3/b13-12+. The van der Waals surface area contributed by atoms with E-state index >= 15 is 0 Å². The molecule has 23 heavy (non-hydrogen) atoms. The smallest absolute Gasteiger partial charge is 0.180 e. The van der Waals surface area contributed by atoms with Crippen LogP contribution in [0.3, 0.4) is 0 Å². The number of pyridine rings is 1. The van der Waals surface area contributed by atoms with Crippen LogP contribution in [-0.4, -0.2) is 15.9 Å². The number of benzene rings is 1. The number of aromatic nitrogens is 1. The highest BCUT2D eigenvalue weighted by molar-refractivity contribution is 6.01. The third-order valence-corrected chi connectivity index (χ3v) is 4.47. The Labute approximate surface area is 136 Å². The molecule has 3 heteroatoms. The monoisotopic (exact) mass is 307 g/mol. The highest BCUT2D eigenvalue weighted by Crippen LogP contribution is 2.44. The Hall–Kier alpha value is -2.26. The number of nitrogens with zero attached hydrogens (tertiary/aromatic N) is 1. The van der Waals surface area contributed by atoms with Crippen molar-refractivity contribution in [2.45, 2.75) is 37.7 Å². The molecule has 1 aliphatic rings. The van der Waals surface area contributed by atoms with E-state index in [-0.39, 0.29) is 11.7 Å². The molecule has 0 radical (unpaired) electrons. The maximum Gasteiger partial charge on any atom is 0.180 e. The zero-order valence-electron chi connectivity index (χ0n) is 13.3. The van der Waals surface area contributed by atoms with Crippen molar-refractivity contribution in [3.63, 3.8) is 0 Å². The summed E-state index contributed by atoms with van der Waals surface area (Å²) in [6.07, 6.45) is 7.79. The predicted octanol–water partition coefficient (Wildman–Crippen LogP) is 3.84. The van der Waals surface area contributed by atoms with Gasteiger partial charge in [0.15, 0.2) is 11.4 Å². The van der Waals surface area contributed by atoms with E-state index in [1.54, 1.807) is 18.3 Å². The third kappa shape index (κ3) is 2.84. The third-order valence-electron chi connectivity index (χ3n) is 4.47. The van der Waals surface area contributed by atoms with Crippen LogP contribution in [0.15, 0.2) is 54.7 Å². The second-order valence-corrected chi connectivity index (χ2v) is 6.00. The average Bonchev–Trinajstić information content (AvgIpc) is 2.81. The molecule has 0 saturated heterocycles. The molecule has 1 aliphatic carbocycles. The van der Waals surface area contributed by atoms with Gasteiger partial charge in [-0.2, -0.15) is 0 Å². The van der Waals surface area contributed by atoms with Gasteiger partial charge in [-0.3, -0.25) is 9.78 Å². The Morgan fingerprint density at radius 3 is 2.74 bits per heavy atom. The minimum Gasteiger partial charge on any atom is -0.374 e. The quantitative estimate of drug-likeness (QED) is 0.913. The van der Waals surface area contributed by atoms with Gasteiger partial charge in [0, 0.05) is 12.1 Å². The number of fused-ring (bicyclic) bond motifs is 1. The number of ketones is 1. The first-order chi connectivity index (χ1) is 11.2. The molecule has 1 aromatic carbocycles. The van der Waals surface area contributed by atoms with E-state index in [1.807, 2.05) is 42.5 Å². The number of aliphatic hydroxyl groups is 1. The molecule has 3 rings (SSSR count). The van der Waals surface area contributed by atoms with Crippen LogP contribution in [0.5, 0.6) is 0 Å². The van der Waals surface area contributed by atoms with Gasteiger partial charge in [0.05, 0.1) is 5.69 Å². The number of carbonyl (C=O) groups excluding carboxylic acids is 1. The zero-order chi connectivity index (χ0) is 16.3. The molecular formula is C20H21NO2. The number of hydrogen-bond acceptors (Lipinski definition) is 3. The van der Waals surface area contributed by atoms with Crippen LogP contribution in [0.1, 0.15) is 48.9 Å². The first-order valence-corrected chi connectivity index (χ1v) is 8.13. The van der Waals surface area contributed by atoms with Crippen LogP contribution >= 0.6 is 0 Å². The van der Waals surface area contributed by atoms with Crippen molar-refractivity contribution >= 4 is 11.9 Å². The van der Waals surface area contributed by atoms with E-state index in [2.05, 4.69) is 11.9 Å². The SMILES string of the molecule is CCCCC1C(=O)C(O)(/C=C/c2ccccn2)c2ccccc21. The van der Waals surface area contributed by atoms with Crippen molar-refractivity contribution < 1.29 is 9.90 Å². The van der Waals surface area contributed by atoms with E-state index in [4.69, 9.17) is 0 Å². The Bertz CT molecular complexity index is 723. The second-order valence-electron chi connectivity index (χ2n) is 6.00. The van der Waals surface area contributed by atoms with Gasteiger partial charge in [0.25, 0.3) is 0 Å². The first-order valence-electron chi connectivity index (χ1n) is 8.13. The lowest BCUT2D eigenvalue weighted by molar-refractivity contribution is -0.133. The minimum atomic E-state index is -1.55. The van der Waals surface area contributed by atoms with Crippen LogP contribution < -0.4 is 0 Å². The number of carbonyl (C=O) groups is 1. The maximum atomic E-state index is 12.9.